The summed E-state index contributed by atoms with van der Waals surface area (Å²) in [4.78, 5) is 23.8. The van der Waals surface area contributed by atoms with Crippen molar-refractivity contribution in [1.29, 1.82) is 0 Å². The third-order valence-corrected chi connectivity index (χ3v) is 3.86. The minimum Gasteiger partial charge on any atom is -0.356 e. The van der Waals surface area contributed by atoms with Crippen molar-refractivity contribution in [3.05, 3.63) is 34.3 Å². The SMILES string of the molecule is CCOCOCC(CC(C)C(=O)NO)NC(=O)c1ccc(Br)cc1. The number of halogens is 1. The predicted octanol–water partition coefficient (Wildman–Crippen LogP) is 2.09. The second-order valence-corrected chi connectivity index (χ2v) is 6.19. The van der Waals surface area contributed by atoms with Crippen LogP contribution in [0.25, 0.3) is 0 Å². The molecule has 24 heavy (non-hydrogen) atoms. The number of rotatable bonds is 10. The van der Waals surface area contributed by atoms with Gasteiger partial charge in [-0.15, -0.1) is 0 Å². The van der Waals surface area contributed by atoms with Crippen molar-refractivity contribution in [2.45, 2.75) is 26.3 Å². The molecule has 0 aliphatic carbocycles. The highest BCUT2D eigenvalue weighted by Gasteiger charge is 2.21. The molecule has 8 heteroatoms. The monoisotopic (exact) mass is 402 g/mol. The molecule has 7 nitrogen and oxygen atoms in total. The molecule has 1 aromatic carbocycles. The molecule has 0 fully saturated rings. The summed E-state index contributed by atoms with van der Waals surface area (Å²) < 4.78 is 11.3. The second kappa shape index (κ2) is 11.1. The predicted molar refractivity (Wildman–Crippen MR) is 91.6 cm³/mol. The van der Waals surface area contributed by atoms with E-state index in [9.17, 15) is 9.59 Å². The van der Waals surface area contributed by atoms with Crippen molar-refractivity contribution in [2.24, 2.45) is 5.92 Å². The Labute approximate surface area is 149 Å². The fraction of sp³-hybridized carbons (Fsp3) is 0.500. The Morgan fingerprint density at radius 1 is 1.25 bits per heavy atom. The molecule has 0 saturated carbocycles. The summed E-state index contributed by atoms with van der Waals surface area (Å²) in [5, 5.41) is 11.6. The summed E-state index contributed by atoms with van der Waals surface area (Å²) in [6, 6.07) is 6.55. The number of nitrogens with one attached hydrogen (secondary N) is 2. The first-order valence-electron chi connectivity index (χ1n) is 7.63. The standard InChI is InChI=1S/C16H23BrN2O5/c1-3-23-10-24-9-14(8-11(2)15(20)19-22)18-16(21)12-4-6-13(17)7-5-12/h4-7,11,14,22H,3,8-10H2,1-2H3,(H,18,21)(H,19,20). The van der Waals surface area contributed by atoms with E-state index in [-0.39, 0.29) is 19.3 Å². The Morgan fingerprint density at radius 2 is 1.92 bits per heavy atom. The first-order valence-corrected chi connectivity index (χ1v) is 8.43. The van der Waals surface area contributed by atoms with E-state index in [4.69, 9.17) is 14.7 Å². The fourth-order valence-electron chi connectivity index (χ4n) is 2.02. The van der Waals surface area contributed by atoms with Crippen molar-refractivity contribution in [3.8, 4) is 0 Å². The van der Waals surface area contributed by atoms with Crippen LogP contribution in [-0.4, -0.2) is 43.1 Å². The van der Waals surface area contributed by atoms with Gasteiger partial charge in [-0.25, -0.2) is 5.48 Å². The van der Waals surface area contributed by atoms with E-state index in [1.165, 1.54) is 0 Å². The lowest BCUT2D eigenvalue weighted by atomic mass is 10.0. The highest BCUT2D eigenvalue weighted by atomic mass is 79.9. The zero-order valence-corrected chi connectivity index (χ0v) is 15.3. The van der Waals surface area contributed by atoms with Gasteiger partial charge in [0.1, 0.15) is 6.79 Å². The molecule has 1 aromatic rings. The van der Waals surface area contributed by atoms with Crippen molar-refractivity contribution < 1.29 is 24.3 Å². The third kappa shape index (κ3) is 7.39. The second-order valence-electron chi connectivity index (χ2n) is 5.27. The topological polar surface area (TPSA) is 96.9 Å². The fourth-order valence-corrected chi connectivity index (χ4v) is 2.28. The normalized spacial score (nSPS) is 13.2. The van der Waals surface area contributed by atoms with E-state index < -0.39 is 17.9 Å². The van der Waals surface area contributed by atoms with Crippen LogP contribution in [-0.2, 0) is 14.3 Å². The summed E-state index contributed by atoms with van der Waals surface area (Å²) in [5.41, 5.74) is 2.12. The minimum atomic E-state index is -0.511. The van der Waals surface area contributed by atoms with Gasteiger partial charge < -0.3 is 14.8 Å². The Morgan fingerprint density at radius 3 is 2.50 bits per heavy atom. The highest BCUT2D eigenvalue weighted by molar-refractivity contribution is 9.10. The van der Waals surface area contributed by atoms with Gasteiger partial charge in [0.05, 0.1) is 12.6 Å². The van der Waals surface area contributed by atoms with Gasteiger partial charge in [-0.2, -0.15) is 0 Å². The van der Waals surface area contributed by atoms with Crippen LogP contribution in [0.3, 0.4) is 0 Å². The molecule has 0 bridgehead atoms. The Bertz CT molecular complexity index is 524. The smallest absolute Gasteiger partial charge is 0.251 e. The molecule has 0 radical (unpaired) electrons. The van der Waals surface area contributed by atoms with E-state index in [1.807, 2.05) is 6.92 Å². The summed E-state index contributed by atoms with van der Waals surface area (Å²) >= 11 is 3.32. The molecule has 0 spiro atoms. The zero-order valence-electron chi connectivity index (χ0n) is 13.8. The lowest BCUT2D eigenvalue weighted by Crippen LogP contribution is -2.41. The first kappa shape index (κ1) is 20.6. The molecule has 134 valence electrons. The molecule has 1 rings (SSSR count). The van der Waals surface area contributed by atoms with Crippen LogP contribution in [0.5, 0.6) is 0 Å². The molecule has 0 heterocycles. The van der Waals surface area contributed by atoms with Gasteiger partial charge in [-0.05, 0) is 37.6 Å². The summed E-state index contributed by atoms with van der Waals surface area (Å²) in [6.45, 7) is 4.35. The summed E-state index contributed by atoms with van der Waals surface area (Å²) in [7, 11) is 0. The number of amides is 2. The minimum absolute atomic E-state index is 0.113. The van der Waals surface area contributed by atoms with E-state index in [1.54, 1.807) is 36.7 Å². The number of hydrogen-bond donors (Lipinski definition) is 3. The van der Waals surface area contributed by atoms with E-state index in [0.29, 0.717) is 18.6 Å². The molecular weight excluding hydrogens is 380 g/mol. The zero-order chi connectivity index (χ0) is 17.9. The van der Waals surface area contributed by atoms with Crippen LogP contribution >= 0.6 is 15.9 Å². The molecule has 2 unspecified atom stereocenters. The summed E-state index contributed by atoms with van der Waals surface area (Å²) in [5.74, 6) is -1.26. The van der Waals surface area contributed by atoms with E-state index in [2.05, 4.69) is 21.2 Å². The molecular formula is C16H23BrN2O5. The lowest BCUT2D eigenvalue weighted by Gasteiger charge is -2.21. The molecule has 0 aliphatic rings. The van der Waals surface area contributed by atoms with Crippen molar-refractivity contribution in [3.63, 3.8) is 0 Å². The van der Waals surface area contributed by atoms with Crippen LogP contribution in [0.2, 0.25) is 0 Å². The van der Waals surface area contributed by atoms with Gasteiger partial charge in [0, 0.05) is 22.6 Å². The Hall–Kier alpha value is -1.48. The average Bonchev–Trinajstić information content (AvgIpc) is 2.58. The number of benzene rings is 1. The van der Waals surface area contributed by atoms with E-state index in [0.717, 1.165) is 4.47 Å². The maximum atomic E-state index is 12.3. The van der Waals surface area contributed by atoms with Crippen LogP contribution in [0.15, 0.2) is 28.7 Å². The maximum absolute atomic E-state index is 12.3. The molecule has 3 N–H and O–H groups in total. The van der Waals surface area contributed by atoms with Gasteiger partial charge in [0.25, 0.3) is 5.91 Å². The number of carbonyl (C=O) groups excluding carboxylic acids is 2. The lowest BCUT2D eigenvalue weighted by molar-refractivity contribution is -0.133. The highest BCUT2D eigenvalue weighted by Crippen LogP contribution is 2.12. The number of ether oxygens (including phenoxy) is 2. The molecule has 0 saturated heterocycles. The number of hydroxylamine groups is 1. The quantitative estimate of drug-likeness (QED) is 0.241. The number of carbonyl (C=O) groups is 2. The van der Waals surface area contributed by atoms with Crippen molar-refractivity contribution in [1.82, 2.24) is 10.8 Å². The Kier molecular flexibility index (Phi) is 9.55. The first-order chi connectivity index (χ1) is 11.5. The molecule has 2 amide bonds. The average molecular weight is 403 g/mol. The van der Waals surface area contributed by atoms with Gasteiger partial charge >= 0.3 is 0 Å². The van der Waals surface area contributed by atoms with Gasteiger partial charge in [0.2, 0.25) is 5.91 Å². The maximum Gasteiger partial charge on any atom is 0.251 e. The van der Waals surface area contributed by atoms with Crippen LogP contribution in [0, 0.1) is 5.92 Å². The molecule has 0 aliphatic heterocycles. The van der Waals surface area contributed by atoms with E-state index >= 15 is 0 Å². The van der Waals surface area contributed by atoms with Crippen LogP contribution in [0.4, 0.5) is 0 Å². The summed E-state index contributed by atoms with van der Waals surface area (Å²) in [6.07, 6.45) is 0.320. The molecule has 0 aromatic heterocycles. The van der Waals surface area contributed by atoms with Gasteiger partial charge in [-0.3, -0.25) is 14.8 Å². The van der Waals surface area contributed by atoms with Gasteiger partial charge in [-0.1, -0.05) is 22.9 Å². The molecule has 2 atom stereocenters. The van der Waals surface area contributed by atoms with Crippen LogP contribution in [0.1, 0.15) is 30.6 Å². The number of hydrogen-bond acceptors (Lipinski definition) is 5. The van der Waals surface area contributed by atoms with Crippen molar-refractivity contribution in [2.75, 3.05) is 20.0 Å². The Balaban J connectivity index is 2.66. The largest absolute Gasteiger partial charge is 0.356 e. The third-order valence-electron chi connectivity index (χ3n) is 3.33. The van der Waals surface area contributed by atoms with Crippen LogP contribution < -0.4 is 10.8 Å². The van der Waals surface area contributed by atoms with Crippen molar-refractivity contribution >= 4 is 27.7 Å². The van der Waals surface area contributed by atoms with Gasteiger partial charge in [0.15, 0.2) is 0 Å².